The van der Waals surface area contributed by atoms with Crippen LogP contribution in [0.2, 0.25) is 0 Å². The summed E-state index contributed by atoms with van der Waals surface area (Å²) in [7, 11) is 2.09. The Bertz CT molecular complexity index is 422. The third kappa shape index (κ3) is 3.67. The Morgan fingerprint density at radius 3 is 2.52 bits per heavy atom. The van der Waals surface area contributed by atoms with Crippen molar-refractivity contribution < 1.29 is 0 Å². The molecule has 1 saturated heterocycles. The molecular weight excluding hydrogens is 260 g/mol. The third-order valence-corrected chi connectivity index (χ3v) is 5.30. The molecule has 1 aromatic heterocycles. The van der Waals surface area contributed by atoms with Gasteiger partial charge in [-0.25, -0.2) is 4.98 Å². The first kappa shape index (κ1) is 16.5. The van der Waals surface area contributed by atoms with Gasteiger partial charge in [-0.3, -0.25) is 4.90 Å². The Labute approximate surface area is 129 Å². The van der Waals surface area contributed by atoms with E-state index >= 15 is 0 Å². The van der Waals surface area contributed by atoms with Gasteiger partial charge in [0, 0.05) is 37.4 Å². The zero-order valence-corrected chi connectivity index (χ0v) is 14.2. The van der Waals surface area contributed by atoms with Crippen LogP contribution in [0.25, 0.3) is 0 Å². The predicted molar refractivity (Wildman–Crippen MR) is 88.5 cm³/mol. The van der Waals surface area contributed by atoms with Crippen LogP contribution in [0, 0.1) is 0 Å². The molecule has 120 valence electrons. The molecule has 2 heterocycles. The topological polar surface area (TPSA) is 33.1 Å². The summed E-state index contributed by atoms with van der Waals surface area (Å²) in [5, 5.41) is 3.74. The molecule has 4 nitrogen and oxygen atoms in total. The maximum atomic E-state index is 4.54. The monoisotopic (exact) mass is 292 g/mol. The van der Waals surface area contributed by atoms with Crippen LogP contribution < -0.4 is 5.32 Å². The minimum atomic E-state index is 0.211. The van der Waals surface area contributed by atoms with Gasteiger partial charge in [-0.15, -0.1) is 0 Å². The van der Waals surface area contributed by atoms with E-state index in [4.69, 9.17) is 0 Å². The smallest absolute Gasteiger partial charge is 0.109 e. The van der Waals surface area contributed by atoms with E-state index in [9.17, 15) is 0 Å². The van der Waals surface area contributed by atoms with Crippen LogP contribution in [0.4, 0.5) is 0 Å². The van der Waals surface area contributed by atoms with E-state index in [1.54, 1.807) is 0 Å². The highest BCUT2D eigenvalue weighted by atomic mass is 15.2. The van der Waals surface area contributed by atoms with Gasteiger partial charge in [-0.1, -0.05) is 20.3 Å². The van der Waals surface area contributed by atoms with E-state index in [1.807, 2.05) is 12.4 Å². The van der Waals surface area contributed by atoms with Crippen LogP contribution in [0.15, 0.2) is 12.4 Å². The summed E-state index contributed by atoms with van der Waals surface area (Å²) in [6.07, 6.45) is 10.2. The summed E-state index contributed by atoms with van der Waals surface area (Å²) in [5.41, 5.74) is 0.211. The summed E-state index contributed by atoms with van der Waals surface area (Å²) in [4.78, 5) is 7.25. The number of aryl methyl sites for hydroxylation is 1. The van der Waals surface area contributed by atoms with Crippen LogP contribution in [0.5, 0.6) is 0 Å². The van der Waals surface area contributed by atoms with E-state index in [0.717, 1.165) is 13.0 Å². The number of hydrogen-bond acceptors (Lipinski definition) is 3. The van der Waals surface area contributed by atoms with E-state index in [0.29, 0.717) is 6.04 Å². The fourth-order valence-electron chi connectivity index (χ4n) is 3.63. The van der Waals surface area contributed by atoms with Gasteiger partial charge >= 0.3 is 0 Å². The maximum Gasteiger partial charge on any atom is 0.109 e. The molecular formula is C17H32N4. The van der Waals surface area contributed by atoms with Gasteiger partial charge in [0.05, 0.1) is 0 Å². The summed E-state index contributed by atoms with van der Waals surface area (Å²) in [5.74, 6) is 1.18. The molecule has 1 aliphatic heterocycles. The van der Waals surface area contributed by atoms with Crippen LogP contribution in [0.1, 0.15) is 52.3 Å². The number of hydrogen-bond donors (Lipinski definition) is 1. The number of rotatable bonds is 7. The molecule has 0 bridgehead atoms. The molecule has 2 rings (SSSR count). The Morgan fingerprint density at radius 1 is 1.29 bits per heavy atom. The largest absolute Gasteiger partial charge is 0.338 e. The molecule has 0 aromatic carbocycles. The Balaban J connectivity index is 2.18. The highest BCUT2D eigenvalue weighted by Crippen LogP contribution is 2.29. The molecule has 1 N–H and O–H groups in total. The standard InChI is InChI=1S/C17H32N4/c1-5-17(3,21-11-8-7-9-12-21)15(18-6-2)14-16-19-10-13-20(16)4/h10,13,15,18H,5-9,11-12,14H2,1-4H3. The lowest BCUT2D eigenvalue weighted by Gasteiger charge is -2.48. The Morgan fingerprint density at radius 2 is 2.00 bits per heavy atom. The number of piperidine rings is 1. The summed E-state index contributed by atoms with van der Waals surface area (Å²) in [6, 6.07) is 0.451. The second-order valence-corrected chi connectivity index (χ2v) is 6.53. The van der Waals surface area contributed by atoms with Crippen LogP contribution in [-0.2, 0) is 13.5 Å². The van der Waals surface area contributed by atoms with Crippen molar-refractivity contribution in [3.8, 4) is 0 Å². The average molecular weight is 292 g/mol. The number of nitrogens with zero attached hydrogens (tertiary/aromatic N) is 3. The second kappa shape index (κ2) is 7.41. The van der Waals surface area contributed by atoms with Crippen molar-refractivity contribution in [2.45, 2.75) is 64.5 Å². The van der Waals surface area contributed by atoms with Crippen molar-refractivity contribution in [1.29, 1.82) is 0 Å². The fraction of sp³-hybridized carbons (Fsp3) is 0.824. The minimum absolute atomic E-state index is 0.211. The third-order valence-electron chi connectivity index (χ3n) is 5.30. The molecule has 2 unspecified atom stereocenters. The molecule has 0 aliphatic carbocycles. The number of likely N-dealkylation sites (N-methyl/N-ethyl adjacent to an activating group) is 1. The summed E-state index contributed by atoms with van der Waals surface area (Å²) < 4.78 is 2.15. The normalized spacial score (nSPS) is 21.1. The Kier molecular flexibility index (Phi) is 5.82. The molecule has 1 aliphatic rings. The van der Waals surface area contributed by atoms with Gasteiger partial charge in [0.15, 0.2) is 0 Å². The first-order valence-electron chi connectivity index (χ1n) is 8.56. The molecule has 0 amide bonds. The lowest BCUT2D eigenvalue weighted by Crippen LogP contribution is -2.61. The van der Waals surface area contributed by atoms with Gasteiger partial charge in [-0.2, -0.15) is 0 Å². The van der Waals surface area contributed by atoms with Gasteiger partial charge in [0.2, 0.25) is 0 Å². The molecule has 0 radical (unpaired) electrons. The predicted octanol–water partition coefficient (Wildman–Crippen LogP) is 2.60. The highest BCUT2D eigenvalue weighted by molar-refractivity contribution is 5.04. The highest BCUT2D eigenvalue weighted by Gasteiger charge is 2.38. The molecule has 1 aromatic rings. The minimum Gasteiger partial charge on any atom is -0.338 e. The number of nitrogens with one attached hydrogen (secondary N) is 1. The Hall–Kier alpha value is -0.870. The average Bonchev–Trinajstić information content (AvgIpc) is 2.92. The first-order chi connectivity index (χ1) is 10.1. The van der Waals surface area contributed by atoms with Gasteiger partial charge in [0.25, 0.3) is 0 Å². The number of likely N-dealkylation sites (tertiary alicyclic amines) is 1. The van der Waals surface area contributed by atoms with Crippen LogP contribution >= 0.6 is 0 Å². The van der Waals surface area contributed by atoms with E-state index < -0.39 is 0 Å². The van der Waals surface area contributed by atoms with Crippen molar-refractivity contribution in [3.05, 3.63) is 18.2 Å². The van der Waals surface area contributed by atoms with Crippen LogP contribution in [0.3, 0.4) is 0 Å². The lowest BCUT2D eigenvalue weighted by molar-refractivity contribution is 0.0426. The lowest BCUT2D eigenvalue weighted by atomic mass is 9.83. The van der Waals surface area contributed by atoms with E-state index in [1.165, 1.54) is 44.6 Å². The van der Waals surface area contributed by atoms with Crippen molar-refractivity contribution in [3.63, 3.8) is 0 Å². The summed E-state index contributed by atoms with van der Waals surface area (Å²) >= 11 is 0. The molecule has 21 heavy (non-hydrogen) atoms. The van der Waals surface area contributed by atoms with E-state index in [2.05, 4.69) is 47.6 Å². The van der Waals surface area contributed by atoms with E-state index in [-0.39, 0.29) is 5.54 Å². The fourth-order valence-corrected chi connectivity index (χ4v) is 3.63. The SMILES string of the molecule is CCNC(Cc1nccn1C)C(C)(CC)N1CCCCC1. The zero-order chi connectivity index (χ0) is 15.3. The van der Waals surface area contributed by atoms with Crippen molar-refractivity contribution in [2.24, 2.45) is 7.05 Å². The zero-order valence-electron chi connectivity index (χ0n) is 14.2. The first-order valence-corrected chi connectivity index (χ1v) is 8.56. The van der Waals surface area contributed by atoms with Crippen molar-refractivity contribution in [2.75, 3.05) is 19.6 Å². The van der Waals surface area contributed by atoms with Gasteiger partial charge in [-0.05, 0) is 45.8 Å². The van der Waals surface area contributed by atoms with Gasteiger partial charge < -0.3 is 9.88 Å². The van der Waals surface area contributed by atoms with Crippen molar-refractivity contribution in [1.82, 2.24) is 19.8 Å². The number of imidazole rings is 1. The second-order valence-electron chi connectivity index (χ2n) is 6.53. The number of aromatic nitrogens is 2. The van der Waals surface area contributed by atoms with Gasteiger partial charge in [0.1, 0.15) is 5.82 Å². The quantitative estimate of drug-likeness (QED) is 0.838. The molecule has 0 spiro atoms. The van der Waals surface area contributed by atoms with Crippen LogP contribution in [-0.4, -0.2) is 45.7 Å². The van der Waals surface area contributed by atoms with Crippen molar-refractivity contribution >= 4 is 0 Å². The summed E-state index contributed by atoms with van der Waals surface area (Å²) in [6.45, 7) is 10.5. The molecule has 1 fully saturated rings. The molecule has 0 saturated carbocycles. The molecule has 4 heteroatoms. The maximum absolute atomic E-state index is 4.54. The molecule has 2 atom stereocenters.